The van der Waals surface area contributed by atoms with Gasteiger partial charge in [-0.25, -0.2) is 0 Å². The first kappa shape index (κ1) is 45.9. The second-order valence-corrected chi connectivity index (χ2v) is 13.9. The van der Waals surface area contributed by atoms with Gasteiger partial charge >= 0.3 is 20.2 Å². The summed E-state index contributed by atoms with van der Waals surface area (Å²) in [5.41, 5.74) is 0. The molecule has 0 aromatic rings. The van der Waals surface area contributed by atoms with Crippen LogP contribution in [-0.4, -0.2) is 60.4 Å². The van der Waals surface area contributed by atoms with Crippen molar-refractivity contribution in [2.45, 2.75) is 199 Å². The van der Waals surface area contributed by atoms with Crippen molar-refractivity contribution in [3.8, 4) is 0 Å². The van der Waals surface area contributed by atoms with Crippen molar-refractivity contribution >= 4 is 20.2 Å². The van der Waals surface area contributed by atoms with Gasteiger partial charge in [-0.05, 0) is 12.8 Å². The maximum Gasteiger partial charge on any atom is 0.694 e. The minimum atomic E-state index is -2.70. The summed E-state index contributed by atoms with van der Waals surface area (Å²) in [6.07, 6.45) is 30.6. The number of nitrogens with one attached hydrogen (secondary N) is 1. The van der Waals surface area contributed by atoms with E-state index in [1.807, 2.05) is 0 Å². The molecule has 0 saturated heterocycles. The molecule has 0 spiro atoms. The average Bonchev–Trinajstić information content (AvgIpc) is 3.06. The summed E-state index contributed by atoms with van der Waals surface area (Å²) in [6, 6.07) is -0.645. The number of hydrogen-bond donors (Lipinski definition) is 3. The van der Waals surface area contributed by atoms with Crippen LogP contribution in [0.2, 0.25) is 0 Å². The number of carbonyl (C=O) groups excluding carboxylic acids is 2. The van der Waals surface area contributed by atoms with Crippen LogP contribution in [0.4, 0.5) is 0 Å². The molecule has 10 heteroatoms. The number of aliphatic hydroxyl groups excluding tert-OH is 1. The Kier molecular flexibility index (Phi) is 35.3. The largest absolute Gasteiger partial charge is 0.694 e. The monoisotopic (exact) mass is 691 g/mol. The van der Waals surface area contributed by atoms with Crippen LogP contribution in [0.1, 0.15) is 187 Å². The fourth-order valence-electron chi connectivity index (χ4n) is 5.77. The number of rotatable bonds is 37. The highest BCUT2D eigenvalue weighted by Gasteiger charge is 2.24. The zero-order chi connectivity index (χ0) is 34.6. The summed E-state index contributed by atoms with van der Waals surface area (Å²) in [7, 11) is -2.70. The molecule has 3 N–H and O–H groups in total. The summed E-state index contributed by atoms with van der Waals surface area (Å²) in [4.78, 5) is 34.0. The Hall–Kier alpha value is -1.12. The van der Waals surface area contributed by atoms with Gasteiger partial charge in [0, 0.05) is 17.5 Å². The lowest BCUT2D eigenvalue weighted by atomic mass is 10.0. The van der Waals surface area contributed by atoms with Gasteiger partial charge in [0.2, 0.25) is 0 Å². The van der Waals surface area contributed by atoms with E-state index < -0.39 is 33.0 Å². The third-order valence-electron chi connectivity index (χ3n) is 8.73. The number of esters is 2. The molecule has 0 radical (unpaired) electrons. The Morgan fingerprint density at radius 1 is 0.660 bits per heavy atom. The Bertz CT molecular complexity index is 726. The highest BCUT2D eigenvalue weighted by atomic mass is 31.1. The topological polar surface area (TPSA) is 131 Å². The molecule has 278 valence electrons. The smallest absolute Gasteiger partial charge is 0.462 e. The number of hydrogen-bond acceptors (Lipinski definition) is 8. The molecule has 0 fully saturated rings. The molecule has 0 aliphatic carbocycles. The van der Waals surface area contributed by atoms with Crippen molar-refractivity contribution in [3.63, 3.8) is 0 Å². The lowest BCUT2D eigenvalue weighted by molar-refractivity contribution is -0.163. The van der Waals surface area contributed by atoms with Gasteiger partial charge in [-0.15, -0.1) is 9.42 Å². The molecular formula is C37H73NO8P+. The van der Waals surface area contributed by atoms with Crippen molar-refractivity contribution in [1.82, 2.24) is 5.32 Å². The van der Waals surface area contributed by atoms with Crippen LogP contribution in [0, 0.1) is 0 Å². The maximum absolute atomic E-state index is 12.9. The molecule has 0 aliphatic rings. The zero-order valence-corrected chi connectivity index (χ0v) is 31.3. The van der Waals surface area contributed by atoms with E-state index in [-0.39, 0.29) is 25.7 Å². The van der Waals surface area contributed by atoms with Crippen LogP contribution < -0.4 is 5.32 Å². The molecule has 0 heterocycles. The van der Waals surface area contributed by atoms with Gasteiger partial charge in [-0.3, -0.25) is 9.59 Å². The fraction of sp³-hybridized carbons (Fsp3) is 0.946. The SMILES string of the molecule is CCCCCCCCCCCCCCCC(=O)OC[C@H](CO)OC(=O)C(CCCCCCCCCCCCCC)NCCO[P+](=O)O. The number of carbonyl (C=O) groups is 2. The van der Waals surface area contributed by atoms with E-state index in [9.17, 15) is 19.3 Å². The van der Waals surface area contributed by atoms with E-state index >= 15 is 0 Å². The molecule has 9 nitrogen and oxygen atoms in total. The second-order valence-electron chi connectivity index (χ2n) is 13.2. The standard InChI is InChI=1S/C37H72NO8P/c1-3-5-7-9-11-13-15-17-19-21-23-25-27-29-36(40)44-33-34(32-39)46-37(41)35(38-30-31-45-47(42)43)28-26-24-22-20-18-16-14-12-10-8-6-4-2/h34-35,38-39H,3-33H2,1-2H3/p+1/t34-,35?/m0/s1. The molecule has 0 aromatic heterocycles. The van der Waals surface area contributed by atoms with Gasteiger partial charge in [0.1, 0.15) is 19.3 Å². The summed E-state index contributed by atoms with van der Waals surface area (Å²) in [5.74, 6) is -0.878. The molecule has 0 bridgehead atoms. The number of unbranched alkanes of at least 4 members (excludes halogenated alkanes) is 23. The molecule has 0 aliphatic heterocycles. The Morgan fingerprint density at radius 2 is 1.09 bits per heavy atom. The molecule has 47 heavy (non-hydrogen) atoms. The zero-order valence-electron chi connectivity index (χ0n) is 30.4. The maximum atomic E-state index is 12.9. The first-order chi connectivity index (χ1) is 22.9. The van der Waals surface area contributed by atoms with Gasteiger partial charge in [-0.1, -0.05) is 168 Å². The Labute approximate surface area is 289 Å². The third kappa shape index (κ3) is 33.2. The van der Waals surface area contributed by atoms with E-state index in [1.165, 1.54) is 122 Å². The van der Waals surface area contributed by atoms with E-state index in [2.05, 4.69) is 19.2 Å². The third-order valence-corrected chi connectivity index (χ3v) is 9.13. The van der Waals surface area contributed by atoms with Crippen molar-refractivity contribution in [2.24, 2.45) is 0 Å². The minimum absolute atomic E-state index is 0.0197. The summed E-state index contributed by atoms with van der Waals surface area (Å²) >= 11 is 0. The van der Waals surface area contributed by atoms with Gasteiger partial charge < -0.3 is 19.9 Å². The van der Waals surface area contributed by atoms with E-state index in [0.717, 1.165) is 38.5 Å². The molecule has 0 saturated carbocycles. The quantitative estimate of drug-likeness (QED) is 0.0331. The van der Waals surface area contributed by atoms with Gasteiger partial charge in [0.05, 0.1) is 6.61 Å². The molecule has 0 aromatic carbocycles. The number of aliphatic hydroxyl groups is 1. The Balaban J connectivity index is 4.19. The minimum Gasteiger partial charge on any atom is -0.462 e. The predicted molar refractivity (Wildman–Crippen MR) is 191 cm³/mol. The lowest BCUT2D eigenvalue weighted by Gasteiger charge is -2.21. The van der Waals surface area contributed by atoms with Crippen molar-refractivity contribution < 1.29 is 38.2 Å². The van der Waals surface area contributed by atoms with Gasteiger partial charge in [0.15, 0.2) is 6.10 Å². The van der Waals surface area contributed by atoms with Gasteiger partial charge in [-0.2, -0.15) is 0 Å². The van der Waals surface area contributed by atoms with Crippen molar-refractivity contribution in [3.05, 3.63) is 0 Å². The first-order valence-corrected chi connectivity index (χ1v) is 20.6. The van der Waals surface area contributed by atoms with E-state index in [0.29, 0.717) is 12.8 Å². The molecular weight excluding hydrogens is 617 g/mol. The normalized spacial score (nSPS) is 13.0. The number of ether oxygens (including phenoxy) is 2. The van der Waals surface area contributed by atoms with Crippen LogP contribution in [0.15, 0.2) is 0 Å². The van der Waals surface area contributed by atoms with Crippen LogP contribution in [0.5, 0.6) is 0 Å². The van der Waals surface area contributed by atoms with Crippen molar-refractivity contribution in [1.29, 1.82) is 0 Å². The highest BCUT2D eigenvalue weighted by Crippen LogP contribution is 2.16. The van der Waals surface area contributed by atoms with Crippen LogP contribution in [0.25, 0.3) is 0 Å². The molecule has 2 unspecified atom stereocenters. The summed E-state index contributed by atoms with van der Waals surface area (Å²) < 4.78 is 26.3. The first-order valence-electron chi connectivity index (χ1n) is 19.4. The van der Waals surface area contributed by atoms with E-state index in [4.69, 9.17) is 18.9 Å². The highest BCUT2D eigenvalue weighted by molar-refractivity contribution is 7.32. The Morgan fingerprint density at radius 3 is 1.51 bits per heavy atom. The van der Waals surface area contributed by atoms with Crippen LogP contribution >= 0.6 is 8.25 Å². The van der Waals surface area contributed by atoms with Crippen molar-refractivity contribution in [2.75, 3.05) is 26.4 Å². The average molecular weight is 691 g/mol. The molecule has 0 amide bonds. The second kappa shape index (κ2) is 36.2. The van der Waals surface area contributed by atoms with E-state index in [1.54, 1.807) is 0 Å². The lowest BCUT2D eigenvalue weighted by Crippen LogP contribution is -2.42. The summed E-state index contributed by atoms with van der Waals surface area (Å²) in [6.45, 7) is 4.05. The van der Waals surface area contributed by atoms with Gasteiger partial charge in [0.25, 0.3) is 0 Å². The fourth-order valence-corrected chi connectivity index (χ4v) is 6.01. The molecule has 0 rings (SSSR count). The van der Waals surface area contributed by atoms with Crippen LogP contribution in [-0.2, 0) is 28.2 Å². The summed E-state index contributed by atoms with van der Waals surface area (Å²) in [5, 5.41) is 12.8. The molecule has 3 atom stereocenters. The predicted octanol–water partition coefficient (Wildman–Crippen LogP) is 9.63. The van der Waals surface area contributed by atoms with Crippen LogP contribution in [0.3, 0.4) is 0 Å².